The number of benzene rings is 1. The lowest BCUT2D eigenvalue weighted by atomic mass is 9.81. The molecule has 0 aliphatic heterocycles. The van der Waals surface area contributed by atoms with E-state index < -0.39 is 5.54 Å². The molecule has 1 aromatic carbocycles. The van der Waals surface area contributed by atoms with E-state index in [0.29, 0.717) is 36.5 Å². The average Bonchev–Trinajstić information content (AvgIpc) is 2.63. The van der Waals surface area contributed by atoms with Crippen molar-refractivity contribution < 1.29 is 14.3 Å². The summed E-state index contributed by atoms with van der Waals surface area (Å²) in [6, 6.07) is 9.41. The van der Waals surface area contributed by atoms with Crippen molar-refractivity contribution in [2.45, 2.75) is 50.3 Å². The number of nitrogens with zero attached hydrogens (tertiary/aromatic N) is 1. The molecular formula is C19H24N2O3S. The number of carbonyl (C=O) groups excluding carboxylic acids is 2. The van der Waals surface area contributed by atoms with E-state index in [4.69, 9.17) is 10.00 Å². The predicted octanol–water partition coefficient (Wildman–Crippen LogP) is 3.17. The number of thioether (sulfide) groups is 1. The van der Waals surface area contributed by atoms with Crippen molar-refractivity contribution in [3.05, 3.63) is 35.4 Å². The number of amides is 1. The summed E-state index contributed by atoms with van der Waals surface area (Å²) in [5, 5.41) is 11.7. The minimum Gasteiger partial charge on any atom is -0.464 e. The van der Waals surface area contributed by atoms with Crippen LogP contribution in [0.5, 0.6) is 0 Å². The standard InChI is InChI=1S/C19H24N2O3S/c1-2-24-18(23)19(10-4-3-5-11-19)21-17(22)14-25-13-16-8-6-15(12-20)7-9-16/h6-9H,2-5,10-11,13-14H2,1H3,(H,21,22). The summed E-state index contributed by atoms with van der Waals surface area (Å²) in [6.07, 6.45) is 4.25. The van der Waals surface area contributed by atoms with Crippen molar-refractivity contribution in [1.82, 2.24) is 5.32 Å². The lowest BCUT2D eigenvalue weighted by Crippen LogP contribution is -2.56. The summed E-state index contributed by atoms with van der Waals surface area (Å²) in [5.41, 5.74) is 0.843. The fourth-order valence-electron chi connectivity index (χ4n) is 3.04. The van der Waals surface area contributed by atoms with Gasteiger partial charge in [-0.15, -0.1) is 11.8 Å². The van der Waals surface area contributed by atoms with E-state index in [0.717, 1.165) is 24.8 Å². The van der Waals surface area contributed by atoms with Crippen LogP contribution in [0, 0.1) is 11.3 Å². The summed E-state index contributed by atoms with van der Waals surface area (Å²) in [5.74, 6) is 0.543. The monoisotopic (exact) mass is 360 g/mol. The number of carbonyl (C=O) groups is 2. The molecule has 1 aliphatic rings. The first-order valence-corrected chi connectivity index (χ1v) is 9.80. The Hall–Kier alpha value is -2.00. The molecule has 1 fully saturated rings. The maximum absolute atomic E-state index is 12.3. The van der Waals surface area contributed by atoms with Crippen molar-refractivity contribution in [2.75, 3.05) is 12.4 Å². The minimum atomic E-state index is -0.847. The number of rotatable bonds is 7. The van der Waals surface area contributed by atoms with Crippen LogP contribution in [0.3, 0.4) is 0 Å². The first-order chi connectivity index (χ1) is 12.1. The van der Waals surface area contributed by atoms with Gasteiger partial charge in [-0.25, -0.2) is 4.79 Å². The van der Waals surface area contributed by atoms with Crippen LogP contribution in [0.25, 0.3) is 0 Å². The maximum atomic E-state index is 12.3. The van der Waals surface area contributed by atoms with Gasteiger partial charge in [-0.3, -0.25) is 4.79 Å². The highest BCUT2D eigenvalue weighted by Gasteiger charge is 2.42. The highest BCUT2D eigenvalue weighted by molar-refractivity contribution is 7.99. The molecule has 2 rings (SSSR count). The molecule has 0 bridgehead atoms. The van der Waals surface area contributed by atoms with E-state index in [2.05, 4.69) is 11.4 Å². The van der Waals surface area contributed by atoms with E-state index >= 15 is 0 Å². The average molecular weight is 360 g/mol. The van der Waals surface area contributed by atoms with Gasteiger partial charge in [0.2, 0.25) is 5.91 Å². The summed E-state index contributed by atoms with van der Waals surface area (Å²) >= 11 is 1.49. The van der Waals surface area contributed by atoms with Crippen LogP contribution in [0.2, 0.25) is 0 Å². The van der Waals surface area contributed by atoms with Gasteiger partial charge in [-0.2, -0.15) is 5.26 Å². The fraction of sp³-hybridized carbons (Fsp3) is 0.526. The molecule has 6 heteroatoms. The Balaban J connectivity index is 1.86. The predicted molar refractivity (Wildman–Crippen MR) is 97.9 cm³/mol. The first kappa shape index (κ1) is 19.3. The number of hydrogen-bond acceptors (Lipinski definition) is 5. The first-order valence-electron chi connectivity index (χ1n) is 8.64. The number of nitrogens with one attached hydrogen (secondary N) is 1. The smallest absolute Gasteiger partial charge is 0.331 e. The third-order valence-corrected chi connectivity index (χ3v) is 5.34. The summed E-state index contributed by atoms with van der Waals surface area (Å²) in [6.45, 7) is 2.10. The minimum absolute atomic E-state index is 0.131. The Bertz CT molecular complexity index is 631. The molecule has 1 saturated carbocycles. The molecule has 0 saturated heterocycles. The Labute approximate surface area is 153 Å². The molecule has 1 aliphatic carbocycles. The number of hydrogen-bond donors (Lipinski definition) is 1. The molecule has 1 aromatic rings. The van der Waals surface area contributed by atoms with Gasteiger partial charge in [0.25, 0.3) is 0 Å². The number of nitriles is 1. The Morgan fingerprint density at radius 1 is 1.24 bits per heavy atom. The normalized spacial score (nSPS) is 15.8. The molecular weight excluding hydrogens is 336 g/mol. The Morgan fingerprint density at radius 3 is 2.52 bits per heavy atom. The van der Waals surface area contributed by atoms with Crippen LogP contribution in [0.4, 0.5) is 0 Å². The molecule has 134 valence electrons. The second kappa shape index (κ2) is 9.47. The Kier molecular flexibility index (Phi) is 7.32. The van der Waals surface area contributed by atoms with Gasteiger partial charge in [0.05, 0.1) is 24.0 Å². The van der Waals surface area contributed by atoms with Crippen LogP contribution in [-0.2, 0) is 20.1 Å². The summed E-state index contributed by atoms with van der Waals surface area (Å²) in [7, 11) is 0. The number of esters is 1. The van der Waals surface area contributed by atoms with E-state index in [1.165, 1.54) is 11.8 Å². The van der Waals surface area contributed by atoms with E-state index in [1.807, 2.05) is 12.1 Å². The lowest BCUT2D eigenvalue weighted by Gasteiger charge is -2.35. The van der Waals surface area contributed by atoms with E-state index in [-0.39, 0.29) is 11.9 Å². The van der Waals surface area contributed by atoms with Gasteiger partial charge in [0, 0.05) is 5.75 Å². The Morgan fingerprint density at radius 2 is 1.92 bits per heavy atom. The molecule has 5 nitrogen and oxygen atoms in total. The van der Waals surface area contributed by atoms with E-state index in [1.54, 1.807) is 19.1 Å². The molecule has 0 radical (unpaired) electrons. The molecule has 0 unspecified atom stereocenters. The topological polar surface area (TPSA) is 79.2 Å². The van der Waals surface area contributed by atoms with Crippen LogP contribution in [-0.4, -0.2) is 29.8 Å². The lowest BCUT2D eigenvalue weighted by molar-refractivity contribution is -0.154. The second-order valence-corrected chi connectivity index (χ2v) is 7.20. The van der Waals surface area contributed by atoms with Crippen LogP contribution >= 0.6 is 11.8 Å². The molecule has 0 spiro atoms. The van der Waals surface area contributed by atoms with Gasteiger partial charge in [-0.05, 0) is 37.5 Å². The van der Waals surface area contributed by atoms with Gasteiger partial charge < -0.3 is 10.1 Å². The quantitative estimate of drug-likeness (QED) is 0.756. The van der Waals surface area contributed by atoms with Gasteiger partial charge in [0.15, 0.2) is 0 Å². The third-order valence-electron chi connectivity index (χ3n) is 4.34. The molecule has 1 amide bonds. The second-order valence-electron chi connectivity index (χ2n) is 6.21. The maximum Gasteiger partial charge on any atom is 0.331 e. The van der Waals surface area contributed by atoms with Gasteiger partial charge in [0.1, 0.15) is 5.54 Å². The molecule has 0 aromatic heterocycles. The van der Waals surface area contributed by atoms with E-state index in [9.17, 15) is 9.59 Å². The van der Waals surface area contributed by atoms with Crippen LogP contribution in [0.1, 0.15) is 50.2 Å². The number of ether oxygens (including phenoxy) is 1. The highest BCUT2D eigenvalue weighted by Crippen LogP contribution is 2.29. The van der Waals surface area contributed by atoms with Crippen molar-refractivity contribution in [2.24, 2.45) is 0 Å². The zero-order valence-corrected chi connectivity index (χ0v) is 15.4. The zero-order valence-electron chi connectivity index (χ0n) is 14.5. The van der Waals surface area contributed by atoms with Gasteiger partial charge in [-0.1, -0.05) is 31.4 Å². The third kappa shape index (κ3) is 5.50. The molecule has 0 atom stereocenters. The van der Waals surface area contributed by atoms with Crippen molar-refractivity contribution in [3.8, 4) is 6.07 Å². The molecule has 0 heterocycles. The van der Waals surface area contributed by atoms with Gasteiger partial charge >= 0.3 is 5.97 Å². The fourth-order valence-corrected chi connectivity index (χ4v) is 3.83. The summed E-state index contributed by atoms with van der Waals surface area (Å²) < 4.78 is 5.19. The zero-order chi connectivity index (χ0) is 18.1. The van der Waals surface area contributed by atoms with Crippen LogP contribution in [0.15, 0.2) is 24.3 Å². The van der Waals surface area contributed by atoms with Crippen molar-refractivity contribution >= 4 is 23.6 Å². The molecule has 25 heavy (non-hydrogen) atoms. The largest absolute Gasteiger partial charge is 0.464 e. The molecule has 1 N–H and O–H groups in total. The SMILES string of the molecule is CCOC(=O)C1(NC(=O)CSCc2ccc(C#N)cc2)CCCCC1. The van der Waals surface area contributed by atoms with Crippen molar-refractivity contribution in [3.63, 3.8) is 0 Å². The van der Waals surface area contributed by atoms with Crippen molar-refractivity contribution in [1.29, 1.82) is 5.26 Å². The highest BCUT2D eigenvalue weighted by atomic mass is 32.2. The summed E-state index contributed by atoms with van der Waals surface area (Å²) in [4.78, 5) is 24.7. The van der Waals surface area contributed by atoms with Crippen LogP contribution < -0.4 is 5.32 Å².